The van der Waals surface area contributed by atoms with Crippen molar-refractivity contribution in [1.82, 2.24) is 14.9 Å². The van der Waals surface area contributed by atoms with Gasteiger partial charge in [-0.1, -0.05) is 174 Å². The Morgan fingerprint density at radius 1 is 0.646 bits per heavy atom. The van der Waals surface area contributed by atoms with Crippen molar-refractivity contribution in [2.45, 2.75) is 222 Å². The van der Waals surface area contributed by atoms with Gasteiger partial charge in [0.2, 0.25) is 5.91 Å². The van der Waals surface area contributed by atoms with Crippen LogP contribution in [0.5, 0.6) is 0 Å². The van der Waals surface area contributed by atoms with E-state index < -0.39 is 17.3 Å². The highest BCUT2D eigenvalue weighted by atomic mass is 16.7. The van der Waals surface area contributed by atoms with Crippen LogP contribution in [0.1, 0.15) is 242 Å². The first-order valence-corrected chi connectivity index (χ1v) is 30.6. The highest BCUT2D eigenvalue weighted by Crippen LogP contribution is 2.57. The number of carboxylic acids is 1. The first-order valence-electron chi connectivity index (χ1n) is 30.6. The number of aromatic carboxylic acids is 1. The lowest BCUT2D eigenvalue weighted by Gasteiger charge is -2.51. The van der Waals surface area contributed by atoms with Crippen molar-refractivity contribution in [3.63, 3.8) is 0 Å². The molecule has 11 nitrogen and oxygen atoms in total. The molecular weight excluding hydrogens is 1020 g/mol. The lowest BCUT2D eigenvalue weighted by molar-refractivity contribution is -0.252. The SMILES string of the molecule is CC(C)(C)CC[C@H](c1ccc(C(=O)O)cc1)N1C(=O)C(/C=C/c2ccccc2)=NC12CCC(C(C)(C)C)CC2.CC(C)OC(=O)c1ccc([C@@H](CCC(C)(C)C)N2C(=O)C3C[C@@H](c4ccccc4)ON3C23CCC(C(C)(C)C)CC3)cc1. The Hall–Kier alpha value is -5.91. The van der Waals surface area contributed by atoms with E-state index >= 15 is 0 Å². The van der Waals surface area contributed by atoms with Crippen LogP contribution in [-0.4, -0.2) is 72.9 Å². The standard InChI is InChI=1S/C37H52N2O4.C34H44N2O3/c1-25(2)42-34(41)28-16-14-26(15-17-28)30(20-21-35(3,4)5)38-33(40)31-24-32(27-12-10-9-11-13-27)43-39(31)37(38)22-18-29(19-23-37)36(6,7)8;1-32(2,3)21-20-29(25-13-15-26(16-14-25)31(38)39)36-30(37)28(17-12-24-10-8-7-9-11-24)35-34(36)22-18-27(19-23-34)33(4,5)6/h9-17,25,29-32H,18-24H2,1-8H3;7-17,27,29H,18-23H2,1-6H3,(H,38,39)/b;17-12+/t29?,30-,31?,32+,37?;27?,29-,34?/m11/s1. The third kappa shape index (κ3) is 14.3. The molecule has 2 spiro atoms. The first-order chi connectivity index (χ1) is 38.5. The van der Waals surface area contributed by atoms with Gasteiger partial charge in [0.05, 0.1) is 29.3 Å². The van der Waals surface area contributed by atoms with E-state index in [1.165, 1.54) is 0 Å². The molecule has 1 unspecified atom stereocenters. The molecule has 3 heterocycles. The maximum atomic E-state index is 14.7. The van der Waals surface area contributed by atoms with Gasteiger partial charge < -0.3 is 19.6 Å². The summed E-state index contributed by atoms with van der Waals surface area (Å²) in [5.41, 5.74) is 5.07. The third-order valence-corrected chi connectivity index (χ3v) is 18.4. The summed E-state index contributed by atoms with van der Waals surface area (Å²) in [4.78, 5) is 69.4. The first kappa shape index (κ1) is 62.1. The molecule has 82 heavy (non-hydrogen) atoms. The second-order valence-electron chi connectivity index (χ2n) is 29.2. The smallest absolute Gasteiger partial charge is 0.338 e. The molecule has 5 aliphatic rings. The zero-order chi connectivity index (χ0) is 59.6. The molecule has 4 aromatic rings. The van der Waals surface area contributed by atoms with Gasteiger partial charge >= 0.3 is 11.9 Å². The average Bonchev–Trinajstić information content (AvgIpc) is 1.79. The summed E-state index contributed by atoms with van der Waals surface area (Å²) in [7, 11) is 0. The number of benzene rings is 4. The van der Waals surface area contributed by atoms with E-state index in [1.807, 2.05) is 111 Å². The highest BCUT2D eigenvalue weighted by Gasteiger charge is 2.64. The van der Waals surface area contributed by atoms with Gasteiger partial charge in [0.1, 0.15) is 29.2 Å². The van der Waals surface area contributed by atoms with Gasteiger partial charge in [-0.3, -0.25) is 19.4 Å². The summed E-state index contributed by atoms with van der Waals surface area (Å²) in [6.07, 6.45) is 15.4. The van der Waals surface area contributed by atoms with Crippen LogP contribution in [0.15, 0.2) is 120 Å². The lowest BCUT2D eigenvalue weighted by atomic mass is 9.69. The van der Waals surface area contributed by atoms with Gasteiger partial charge in [-0.15, -0.1) is 0 Å². The Labute approximate surface area is 491 Å². The number of rotatable bonds is 14. The fraction of sp³-hybridized carbons (Fsp3) is 0.563. The van der Waals surface area contributed by atoms with Crippen molar-refractivity contribution in [3.8, 4) is 0 Å². The summed E-state index contributed by atoms with van der Waals surface area (Å²) in [6, 6.07) is 34.6. The summed E-state index contributed by atoms with van der Waals surface area (Å²) >= 11 is 0. The monoisotopic (exact) mass is 1120 g/mol. The number of esters is 1. The Morgan fingerprint density at radius 3 is 1.60 bits per heavy atom. The summed E-state index contributed by atoms with van der Waals surface area (Å²) in [5, 5.41) is 11.6. The predicted octanol–water partition coefficient (Wildman–Crippen LogP) is 16.8. The van der Waals surface area contributed by atoms with E-state index in [9.17, 15) is 24.3 Å². The van der Waals surface area contributed by atoms with Crippen LogP contribution in [0.25, 0.3) is 6.08 Å². The van der Waals surface area contributed by atoms with Crippen LogP contribution in [0.3, 0.4) is 0 Å². The summed E-state index contributed by atoms with van der Waals surface area (Å²) in [6.45, 7) is 31.1. The molecule has 0 bridgehead atoms. The second kappa shape index (κ2) is 24.7. The molecule has 442 valence electrons. The fourth-order valence-corrected chi connectivity index (χ4v) is 13.5. The van der Waals surface area contributed by atoms with Crippen LogP contribution in [-0.2, 0) is 19.2 Å². The number of nitrogens with zero attached hydrogens (tertiary/aromatic N) is 4. The van der Waals surface area contributed by atoms with Crippen molar-refractivity contribution >= 4 is 35.5 Å². The van der Waals surface area contributed by atoms with Crippen LogP contribution in [0, 0.1) is 33.5 Å². The van der Waals surface area contributed by atoms with Gasteiger partial charge in [0, 0.05) is 6.42 Å². The number of carbonyl (C=O) groups excluding carboxylic acids is 3. The number of ether oxygens (including phenoxy) is 1. The van der Waals surface area contributed by atoms with Gasteiger partial charge in [-0.05, 0) is 177 Å². The van der Waals surface area contributed by atoms with Crippen molar-refractivity contribution in [1.29, 1.82) is 0 Å². The second-order valence-corrected chi connectivity index (χ2v) is 29.2. The van der Waals surface area contributed by atoms with Crippen LogP contribution >= 0.6 is 0 Å². The number of carbonyl (C=O) groups is 4. The van der Waals surface area contributed by atoms with Crippen molar-refractivity contribution in [2.24, 2.45) is 38.5 Å². The van der Waals surface area contributed by atoms with Crippen molar-refractivity contribution < 1.29 is 33.9 Å². The molecule has 2 saturated carbocycles. The Balaban J connectivity index is 0.000000216. The molecule has 11 heteroatoms. The van der Waals surface area contributed by atoms with Gasteiger partial charge in [-0.2, -0.15) is 5.06 Å². The van der Waals surface area contributed by atoms with E-state index in [1.54, 1.807) is 12.1 Å². The molecule has 4 aromatic carbocycles. The van der Waals surface area contributed by atoms with E-state index in [2.05, 4.69) is 110 Å². The lowest BCUT2D eigenvalue weighted by Crippen LogP contribution is -2.57. The molecule has 4 fully saturated rings. The minimum Gasteiger partial charge on any atom is -0.478 e. The molecule has 2 aliphatic carbocycles. The van der Waals surface area contributed by atoms with Gasteiger partial charge in [0.15, 0.2) is 0 Å². The van der Waals surface area contributed by atoms with Gasteiger partial charge in [-0.25, -0.2) is 9.59 Å². The third-order valence-electron chi connectivity index (χ3n) is 18.4. The van der Waals surface area contributed by atoms with E-state index in [-0.39, 0.29) is 75.3 Å². The molecule has 1 N–H and O–H groups in total. The number of amides is 2. The number of hydrogen-bond acceptors (Lipinski definition) is 8. The number of aliphatic imine (C=N–C) groups is 1. The van der Waals surface area contributed by atoms with Crippen LogP contribution in [0.2, 0.25) is 0 Å². The molecule has 0 radical (unpaired) electrons. The maximum Gasteiger partial charge on any atom is 0.338 e. The molecule has 9 rings (SSSR count). The zero-order valence-electron chi connectivity index (χ0n) is 52.0. The van der Waals surface area contributed by atoms with E-state index in [4.69, 9.17) is 14.6 Å². The topological polar surface area (TPSA) is 129 Å². The average molecular weight is 1120 g/mol. The number of hydrogen-bond donors (Lipinski definition) is 1. The molecule has 3 aliphatic heterocycles. The fourth-order valence-electron chi connectivity index (χ4n) is 13.5. The maximum absolute atomic E-state index is 14.7. The summed E-state index contributed by atoms with van der Waals surface area (Å²) < 4.78 is 5.44. The molecule has 2 saturated heterocycles. The van der Waals surface area contributed by atoms with E-state index in [0.717, 1.165) is 99.3 Å². The molecular formula is C71H96N4O7. The molecule has 4 atom stereocenters. The summed E-state index contributed by atoms with van der Waals surface area (Å²) in [5.74, 6) is 0.0668. The highest BCUT2D eigenvalue weighted by molar-refractivity contribution is 6.45. The quantitative estimate of drug-likeness (QED) is 0.124. The number of fused-ring (bicyclic) bond motifs is 2. The van der Waals surface area contributed by atoms with Crippen molar-refractivity contribution in [2.75, 3.05) is 0 Å². The minimum atomic E-state index is -0.946. The van der Waals surface area contributed by atoms with Gasteiger partial charge in [0.25, 0.3) is 5.91 Å². The Kier molecular flexibility index (Phi) is 18.7. The normalized spacial score (nSPS) is 25.1. The zero-order valence-corrected chi connectivity index (χ0v) is 52.0. The largest absolute Gasteiger partial charge is 0.478 e. The van der Waals surface area contributed by atoms with E-state index in [0.29, 0.717) is 29.5 Å². The minimum absolute atomic E-state index is 0.0300. The van der Waals surface area contributed by atoms with Crippen LogP contribution < -0.4 is 0 Å². The molecule has 0 aromatic heterocycles. The Morgan fingerprint density at radius 2 is 1.12 bits per heavy atom. The number of hydroxylamine groups is 2. The number of carboxylic acid groups (broad SMARTS) is 1. The molecule has 2 amide bonds. The Bertz CT molecular complexity index is 2890. The van der Waals surface area contributed by atoms with Crippen molar-refractivity contribution in [3.05, 3.63) is 149 Å². The van der Waals surface area contributed by atoms with Crippen LogP contribution in [0.4, 0.5) is 0 Å². The predicted molar refractivity (Wildman–Crippen MR) is 329 cm³/mol.